The van der Waals surface area contributed by atoms with Crippen molar-refractivity contribution in [1.29, 1.82) is 0 Å². The van der Waals surface area contributed by atoms with Gasteiger partial charge in [-0.1, -0.05) is 12.1 Å². The SMILES string of the molecule is [NH3+]Nc1ccccc1[N+](=O)[O-]. The monoisotopic (exact) mass is 154 g/mol. The van der Waals surface area contributed by atoms with Gasteiger partial charge in [0, 0.05) is 6.07 Å². The second-order valence-electron chi connectivity index (χ2n) is 1.95. The number of nitrogens with one attached hydrogen (secondary N) is 1. The molecule has 1 aromatic rings. The van der Waals surface area contributed by atoms with Crippen LogP contribution in [0.2, 0.25) is 0 Å². The van der Waals surface area contributed by atoms with Crippen molar-refractivity contribution >= 4 is 11.4 Å². The van der Waals surface area contributed by atoms with Gasteiger partial charge in [0.15, 0.2) is 5.69 Å². The molecule has 1 rings (SSSR count). The first-order chi connectivity index (χ1) is 5.25. The molecule has 11 heavy (non-hydrogen) atoms. The Morgan fingerprint density at radius 1 is 1.45 bits per heavy atom. The lowest BCUT2D eigenvalue weighted by Gasteiger charge is -1.96. The number of nitrogens with zero attached hydrogens (tertiary/aromatic N) is 1. The van der Waals surface area contributed by atoms with Crippen molar-refractivity contribution in [2.45, 2.75) is 0 Å². The predicted octanol–water partition coefficient (Wildman–Crippen LogP) is 0.164. The Hall–Kier alpha value is -1.62. The van der Waals surface area contributed by atoms with Crippen LogP contribution in [0.4, 0.5) is 11.4 Å². The Balaban J connectivity index is 3.12. The smallest absolute Gasteiger partial charge is 0.258 e. The van der Waals surface area contributed by atoms with Gasteiger partial charge in [-0.2, -0.15) is 0 Å². The van der Waals surface area contributed by atoms with Crippen LogP contribution in [0.15, 0.2) is 24.3 Å². The average Bonchev–Trinajstić information content (AvgIpc) is 2.04. The molecule has 4 N–H and O–H groups in total. The molecule has 0 radical (unpaired) electrons. The summed E-state index contributed by atoms with van der Waals surface area (Å²) >= 11 is 0. The molecule has 0 aliphatic heterocycles. The maximum atomic E-state index is 10.3. The van der Waals surface area contributed by atoms with E-state index in [2.05, 4.69) is 11.3 Å². The molecule has 0 bridgehead atoms. The Labute approximate surface area is 62.9 Å². The highest BCUT2D eigenvalue weighted by molar-refractivity contribution is 5.59. The number of hydrogen-bond donors (Lipinski definition) is 2. The molecule has 0 spiro atoms. The molecular weight excluding hydrogens is 146 g/mol. The van der Waals surface area contributed by atoms with Crippen LogP contribution in [0, 0.1) is 10.1 Å². The van der Waals surface area contributed by atoms with E-state index in [0.29, 0.717) is 5.69 Å². The van der Waals surface area contributed by atoms with Gasteiger partial charge in [0.05, 0.1) is 4.92 Å². The first kappa shape index (κ1) is 7.49. The third-order valence-corrected chi connectivity index (χ3v) is 1.29. The zero-order valence-corrected chi connectivity index (χ0v) is 5.78. The van der Waals surface area contributed by atoms with Crippen molar-refractivity contribution in [3.8, 4) is 0 Å². The lowest BCUT2D eigenvalue weighted by atomic mass is 10.3. The lowest BCUT2D eigenvalue weighted by molar-refractivity contribution is -0.386. The minimum Gasteiger partial charge on any atom is -0.258 e. The van der Waals surface area contributed by atoms with Crippen molar-refractivity contribution in [2.75, 3.05) is 5.43 Å². The minimum absolute atomic E-state index is 0.0440. The molecule has 0 amide bonds. The van der Waals surface area contributed by atoms with E-state index in [-0.39, 0.29) is 5.69 Å². The van der Waals surface area contributed by atoms with Gasteiger partial charge < -0.3 is 0 Å². The Bertz CT molecular complexity index is 274. The van der Waals surface area contributed by atoms with Gasteiger partial charge in [0.2, 0.25) is 0 Å². The van der Waals surface area contributed by atoms with E-state index in [9.17, 15) is 10.1 Å². The van der Waals surface area contributed by atoms with E-state index in [1.165, 1.54) is 6.07 Å². The highest BCUT2D eigenvalue weighted by Gasteiger charge is 2.10. The topological polar surface area (TPSA) is 82.8 Å². The van der Waals surface area contributed by atoms with Gasteiger partial charge >= 0.3 is 0 Å². The molecule has 58 valence electrons. The highest BCUT2D eigenvalue weighted by atomic mass is 16.6. The van der Waals surface area contributed by atoms with Crippen molar-refractivity contribution in [3.63, 3.8) is 0 Å². The van der Waals surface area contributed by atoms with Crippen LogP contribution in [0.25, 0.3) is 0 Å². The third-order valence-electron chi connectivity index (χ3n) is 1.29. The average molecular weight is 154 g/mol. The second kappa shape index (κ2) is 2.98. The summed E-state index contributed by atoms with van der Waals surface area (Å²) in [6.45, 7) is 0. The number of anilines is 1. The molecule has 5 heteroatoms. The molecule has 0 aliphatic carbocycles. The van der Waals surface area contributed by atoms with Crippen LogP contribution in [-0.2, 0) is 0 Å². The highest BCUT2D eigenvalue weighted by Crippen LogP contribution is 2.20. The quantitative estimate of drug-likeness (QED) is 0.470. The van der Waals surface area contributed by atoms with E-state index in [0.717, 1.165) is 0 Å². The normalized spacial score (nSPS) is 9.18. The van der Waals surface area contributed by atoms with E-state index >= 15 is 0 Å². The Morgan fingerprint density at radius 2 is 2.09 bits per heavy atom. The van der Waals surface area contributed by atoms with Gasteiger partial charge in [-0.15, -0.1) is 0 Å². The fourth-order valence-electron chi connectivity index (χ4n) is 0.782. The summed E-state index contributed by atoms with van der Waals surface area (Å²) < 4.78 is 0. The fraction of sp³-hybridized carbons (Fsp3) is 0. The number of nitro benzene ring substituents is 1. The van der Waals surface area contributed by atoms with E-state index in [4.69, 9.17) is 0 Å². The number of rotatable bonds is 2. The van der Waals surface area contributed by atoms with Gasteiger partial charge in [-0.3, -0.25) is 16.0 Å². The van der Waals surface area contributed by atoms with Crippen molar-refractivity contribution < 1.29 is 10.8 Å². The number of quaternary nitrogens is 1. The van der Waals surface area contributed by atoms with E-state index in [1.54, 1.807) is 18.2 Å². The molecule has 0 atom stereocenters. The molecular formula is C6H8N3O2+. The summed E-state index contributed by atoms with van der Waals surface area (Å²) in [5.41, 5.74) is 2.96. The number of nitro groups is 1. The van der Waals surface area contributed by atoms with Crippen LogP contribution in [0.3, 0.4) is 0 Å². The largest absolute Gasteiger partial charge is 0.297 e. The molecule has 0 fully saturated rings. The van der Waals surface area contributed by atoms with Crippen molar-refractivity contribution in [2.24, 2.45) is 0 Å². The van der Waals surface area contributed by atoms with Crippen LogP contribution < -0.4 is 11.3 Å². The zero-order chi connectivity index (χ0) is 8.27. The van der Waals surface area contributed by atoms with Gasteiger partial charge in [0.25, 0.3) is 5.69 Å². The van der Waals surface area contributed by atoms with Gasteiger partial charge in [-0.25, -0.2) is 5.43 Å². The molecule has 0 saturated carbocycles. The van der Waals surface area contributed by atoms with Crippen LogP contribution >= 0.6 is 0 Å². The van der Waals surface area contributed by atoms with E-state index < -0.39 is 4.92 Å². The molecule has 1 aromatic carbocycles. The summed E-state index contributed by atoms with van der Waals surface area (Å²) in [7, 11) is 0. The summed E-state index contributed by atoms with van der Waals surface area (Å²) in [5.74, 6) is 3.34. The minimum atomic E-state index is -0.451. The zero-order valence-electron chi connectivity index (χ0n) is 5.78. The molecule has 5 nitrogen and oxygen atoms in total. The van der Waals surface area contributed by atoms with Gasteiger partial charge in [-0.05, 0) is 6.07 Å². The summed E-state index contributed by atoms with van der Waals surface area (Å²) in [5, 5.41) is 10.3. The second-order valence-corrected chi connectivity index (χ2v) is 1.95. The Kier molecular flexibility index (Phi) is 2.03. The fourth-order valence-corrected chi connectivity index (χ4v) is 0.782. The standard InChI is InChI=1S/C6H7N3O2/c7-8-5-3-1-2-4-6(5)9(10)11/h1-4,8H,7H2/p+1. The number of hydrogen-bond acceptors (Lipinski definition) is 3. The third kappa shape index (κ3) is 1.44. The molecule has 0 aliphatic rings. The molecule has 0 unspecified atom stereocenters. The van der Waals surface area contributed by atoms with Crippen LogP contribution in [-0.4, -0.2) is 4.92 Å². The Morgan fingerprint density at radius 3 is 2.55 bits per heavy atom. The van der Waals surface area contributed by atoms with Crippen LogP contribution in [0.1, 0.15) is 0 Å². The maximum Gasteiger partial charge on any atom is 0.297 e. The molecule has 0 saturated heterocycles. The molecule has 0 aromatic heterocycles. The van der Waals surface area contributed by atoms with Gasteiger partial charge in [0.1, 0.15) is 0 Å². The predicted molar refractivity (Wildman–Crippen MR) is 39.6 cm³/mol. The number of para-hydroxylation sites is 2. The summed E-state index contributed by atoms with van der Waals surface area (Å²) in [6.07, 6.45) is 0. The molecule has 0 heterocycles. The van der Waals surface area contributed by atoms with Crippen LogP contribution in [0.5, 0.6) is 0 Å². The maximum absolute atomic E-state index is 10.3. The summed E-state index contributed by atoms with van der Waals surface area (Å²) in [6, 6.07) is 6.35. The first-order valence-electron chi connectivity index (χ1n) is 3.02. The van der Waals surface area contributed by atoms with E-state index in [1.807, 2.05) is 0 Å². The first-order valence-corrected chi connectivity index (χ1v) is 3.02. The number of benzene rings is 1. The van der Waals surface area contributed by atoms with Crippen molar-refractivity contribution in [1.82, 2.24) is 0 Å². The summed E-state index contributed by atoms with van der Waals surface area (Å²) in [4.78, 5) is 9.87. The van der Waals surface area contributed by atoms with Crippen molar-refractivity contribution in [3.05, 3.63) is 34.4 Å². The lowest BCUT2D eigenvalue weighted by Crippen LogP contribution is -2.56.